The van der Waals surface area contributed by atoms with E-state index in [0.717, 1.165) is 6.42 Å². The number of nitrogens with zero attached hydrogens (tertiary/aromatic N) is 1. The van der Waals surface area contributed by atoms with Gasteiger partial charge in [0.2, 0.25) is 0 Å². The molecular weight excluding hydrogens is 138 g/mol. The van der Waals surface area contributed by atoms with E-state index in [1.54, 1.807) is 6.08 Å². The van der Waals surface area contributed by atoms with Crippen molar-refractivity contribution in [3.63, 3.8) is 0 Å². The Morgan fingerprint density at radius 3 is 2.40 bits per heavy atom. The predicted octanol–water partition coefficient (Wildman–Crippen LogP) is 2.79. The first-order chi connectivity index (χ1) is 4.56. The smallest absolute Gasteiger partial charge is 0.0908 e. The normalized spacial score (nSPS) is 11.8. The average Bonchev–Trinajstić information content (AvgIpc) is 1.78. The molecule has 0 atom stereocenters. The minimum absolute atomic E-state index is 0.868. The number of nitriles is 1. The van der Waals surface area contributed by atoms with Crippen molar-refractivity contribution in [2.75, 3.05) is 0 Å². The zero-order chi connectivity index (χ0) is 8.04. The molecule has 0 saturated carbocycles. The lowest BCUT2D eigenvalue weighted by atomic mass is 10.4. The van der Waals surface area contributed by atoms with E-state index in [-0.39, 0.29) is 0 Å². The van der Waals surface area contributed by atoms with Crippen molar-refractivity contribution in [3.8, 4) is 6.07 Å². The van der Waals surface area contributed by atoms with Gasteiger partial charge in [0.15, 0.2) is 0 Å². The molecule has 0 heterocycles. The fraction of sp³-hybridized carbons (Fsp3) is 0.625. The van der Waals surface area contributed by atoms with Crippen molar-refractivity contribution in [3.05, 3.63) is 12.2 Å². The van der Waals surface area contributed by atoms with Crippen LogP contribution >= 0.6 is 0 Å². The summed E-state index contributed by atoms with van der Waals surface area (Å²) in [4.78, 5) is 0. The molecule has 0 aromatic carbocycles. The van der Waals surface area contributed by atoms with Crippen molar-refractivity contribution < 1.29 is 0 Å². The van der Waals surface area contributed by atoms with E-state index in [2.05, 4.69) is 19.6 Å². The van der Waals surface area contributed by atoms with Crippen LogP contribution < -0.4 is 0 Å². The van der Waals surface area contributed by atoms with E-state index in [0.29, 0.717) is 0 Å². The molecule has 0 aromatic heterocycles. The Kier molecular flexibility index (Phi) is 4.05. The SMILES string of the molecule is C[Si](C)(C)CC/C=C/C#N. The lowest BCUT2D eigenvalue weighted by Crippen LogP contribution is -2.18. The minimum Gasteiger partial charge on any atom is -0.193 e. The number of hydrogen-bond acceptors (Lipinski definition) is 1. The van der Waals surface area contributed by atoms with Gasteiger partial charge in [0.05, 0.1) is 6.07 Å². The fourth-order valence-electron chi connectivity index (χ4n) is 0.652. The summed E-state index contributed by atoms with van der Waals surface area (Å²) >= 11 is 0. The minimum atomic E-state index is -0.868. The molecule has 0 aromatic rings. The lowest BCUT2D eigenvalue weighted by molar-refractivity contribution is 1.16. The van der Waals surface area contributed by atoms with Gasteiger partial charge >= 0.3 is 0 Å². The monoisotopic (exact) mass is 153 g/mol. The Balaban J connectivity index is 3.40. The first-order valence-electron chi connectivity index (χ1n) is 3.61. The highest BCUT2D eigenvalue weighted by Crippen LogP contribution is 2.10. The summed E-state index contributed by atoms with van der Waals surface area (Å²) in [5.41, 5.74) is 0. The molecule has 0 N–H and O–H groups in total. The summed E-state index contributed by atoms with van der Waals surface area (Å²) in [6.45, 7) is 7.02. The molecule has 0 aliphatic carbocycles. The first kappa shape index (κ1) is 9.45. The molecule has 0 amide bonds. The van der Waals surface area contributed by atoms with Gasteiger partial charge < -0.3 is 0 Å². The van der Waals surface area contributed by atoms with Crippen LogP contribution in [0.2, 0.25) is 25.7 Å². The first-order valence-corrected chi connectivity index (χ1v) is 7.31. The molecule has 0 fully saturated rings. The molecule has 10 heavy (non-hydrogen) atoms. The summed E-state index contributed by atoms with van der Waals surface area (Å²) in [5, 5.41) is 8.17. The topological polar surface area (TPSA) is 23.8 Å². The second kappa shape index (κ2) is 4.29. The van der Waals surface area contributed by atoms with Gasteiger partial charge in [-0.15, -0.1) is 0 Å². The molecule has 0 saturated heterocycles. The molecule has 0 aliphatic heterocycles. The largest absolute Gasteiger partial charge is 0.193 e. The maximum atomic E-state index is 8.17. The van der Waals surface area contributed by atoms with Gasteiger partial charge in [0.1, 0.15) is 0 Å². The molecular formula is C8H15NSi. The second-order valence-corrected chi connectivity index (χ2v) is 9.25. The Morgan fingerprint density at radius 2 is 2.00 bits per heavy atom. The Hall–Kier alpha value is -0.553. The van der Waals surface area contributed by atoms with E-state index < -0.39 is 8.07 Å². The number of hydrogen-bond donors (Lipinski definition) is 0. The van der Waals surface area contributed by atoms with E-state index in [9.17, 15) is 0 Å². The quantitative estimate of drug-likeness (QED) is 0.452. The van der Waals surface area contributed by atoms with E-state index in [1.807, 2.05) is 12.1 Å². The van der Waals surface area contributed by atoms with Crippen LogP contribution in [0.1, 0.15) is 6.42 Å². The highest BCUT2D eigenvalue weighted by Gasteiger charge is 2.10. The lowest BCUT2D eigenvalue weighted by Gasteiger charge is -2.12. The maximum Gasteiger partial charge on any atom is 0.0908 e. The zero-order valence-electron chi connectivity index (χ0n) is 7.02. The van der Waals surface area contributed by atoms with Gasteiger partial charge in [-0.05, 0) is 6.42 Å². The van der Waals surface area contributed by atoms with Crippen molar-refractivity contribution in [1.29, 1.82) is 5.26 Å². The Bertz CT molecular complexity index is 148. The predicted molar refractivity (Wildman–Crippen MR) is 47.5 cm³/mol. The third-order valence-electron chi connectivity index (χ3n) is 1.25. The number of allylic oxidation sites excluding steroid dienone is 2. The van der Waals surface area contributed by atoms with Crippen LogP contribution in [0.5, 0.6) is 0 Å². The molecule has 0 aliphatic rings. The summed E-state index contributed by atoms with van der Waals surface area (Å²) in [6.07, 6.45) is 4.60. The molecule has 56 valence electrons. The van der Waals surface area contributed by atoms with Crippen LogP contribution in [0.4, 0.5) is 0 Å². The molecule has 2 heteroatoms. The molecule has 0 spiro atoms. The van der Waals surface area contributed by atoms with Crippen LogP contribution in [0.3, 0.4) is 0 Å². The fourth-order valence-corrected chi connectivity index (χ4v) is 1.69. The average molecular weight is 153 g/mol. The summed E-state index contributed by atoms with van der Waals surface area (Å²) in [7, 11) is -0.868. The van der Waals surface area contributed by atoms with Crippen LogP contribution in [0.25, 0.3) is 0 Å². The van der Waals surface area contributed by atoms with Crippen LogP contribution in [-0.2, 0) is 0 Å². The Morgan fingerprint density at radius 1 is 1.40 bits per heavy atom. The third-order valence-corrected chi connectivity index (χ3v) is 3.04. The van der Waals surface area contributed by atoms with E-state index in [1.165, 1.54) is 6.04 Å². The van der Waals surface area contributed by atoms with Gasteiger partial charge in [0, 0.05) is 14.1 Å². The summed E-state index contributed by atoms with van der Waals surface area (Å²) in [6, 6.07) is 3.27. The maximum absolute atomic E-state index is 8.17. The number of rotatable bonds is 3. The highest BCUT2D eigenvalue weighted by atomic mass is 28.3. The van der Waals surface area contributed by atoms with Crippen molar-refractivity contribution in [2.45, 2.75) is 32.1 Å². The molecule has 0 radical (unpaired) electrons. The van der Waals surface area contributed by atoms with Gasteiger partial charge in [0.25, 0.3) is 0 Å². The molecule has 0 rings (SSSR count). The van der Waals surface area contributed by atoms with Crippen molar-refractivity contribution >= 4 is 8.07 Å². The van der Waals surface area contributed by atoms with Gasteiger partial charge in [-0.2, -0.15) is 5.26 Å². The van der Waals surface area contributed by atoms with Gasteiger partial charge in [-0.25, -0.2) is 0 Å². The Labute approximate surface area is 64.4 Å². The standard InChI is InChI=1S/C8H15NSi/c1-10(2,3)8-6-4-5-7-9/h4-5H,6,8H2,1-3H3/b5-4+. The highest BCUT2D eigenvalue weighted by molar-refractivity contribution is 6.76. The second-order valence-electron chi connectivity index (χ2n) is 3.63. The van der Waals surface area contributed by atoms with Gasteiger partial charge in [-0.1, -0.05) is 31.8 Å². The van der Waals surface area contributed by atoms with Crippen LogP contribution in [-0.4, -0.2) is 8.07 Å². The summed E-state index contributed by atoms with van der Waals surface area (Å²) < 4.78 is 0. The molecule has 1 nitrogen and oxygen atoms in total. The van der Waals surface area contributed by atoms with Crippen LogP contribution in [0.15, 0.2) is 12.2 Å². The van der Waals surface area contributed by atoms with E-state index in [4.69, 9.17) is 5.26 Å². The van der Waals surface area contributed by atoms with Crippen LogP contribution in [0, 0.1) is 11.3 Å². The zero-order valence-corrected chi connectivity index (χ0v) is 8.02. The van der Waals surface area contributed by atoms with Gasteiger partial charge in [-0.3, -0.25) is 0 Å². The molecule has 0 bridgehead atoms. The molecule has 0 unspecified atom stereocenters. The van der Waals surface area contributed by atoms with Crippen molar-refractivity contribution in [2.24, 2.45) is 0 Å². The summed E-state index contributed by atoms with van der Waals surface area (Å²) in [5.74, 6) is 0. The third kappa shape index (κ3) is 7.45. The van der Waals surface area contributed by atoms with Crippen molar-refractivity contribution in [1.82, 2.24) is 0 Å². The van der Waals surface area contributed by atoms with E-state index >= 15 is 0 Å².